The van der Waals surface area contributed by atoms with E-state index in [9.17, 15) is 14.7 Å². The minimum Gasteiger partial charge on any atom is -0.477 e. The lowest BCUT2D eigenvalue weighted by Gasteiger charge is -2.33. The Balaban J connectivity index is 1.72. The van der Waals surface area contributed by atoms with E-state index in [4.69, 9.17) is 10.5 Å². The number of pyridine rings is 1. The van der Waals surface area contributed by atoms with Gasteiger partial charge in [-0.15, -0.1) is 0 Å². The predicted molar refractivity (Wildman–Crippen MR) is 106 cm³/mol. The first kappa shape index (κ1) is 18.0. The zero-order valence-electron chi connectivity index (χ0n) is 15.8. The van der Waals surface area contributed by atoms with Crippen LogP contribution >= 0.6 is 0 Å². The zero-order valence-corrected chi connectivity index (χ0v) is 15.8. The molecule has 1 aliphatic carbocycles. The number of halogens is 1. The number of carboxylic acids is 1. The van der Waals surface area contributed by atoms with E-state index in [1.54, 1.807) is 16.7 Å². The fourth-order valence-corrected chi connectivity index (χ4v) is 4.75. The number of nitrogens with two attached hydrogens (primary N) is 1. The molecule has 1 aromatic heterocycles. The lowest BCUT2D eigenvalue weighted by atomic mass is 9.83. The van der Waals surface area contributed by atoms with Crippen molar-refractivity contribution < 1.29 is 19.0 Å². The van der Waals surface area contributed by atoms with Gasteiger partial charge >= 0.3 is 5.97 Å². The van der Waals surface area contributed by atoms with E-state index in [0.717, 1.165) is 12.5 Å². The Morgan fingerprint density at radius 3 is 2.90 bits per heavy atom. The van der Waals surface area contributed by atoms with Crippen molar-refractivity contribution in [2.24, 2.45) is 17.6 Å². The molecule has 0 radical (unpaired) electrons. The van der Waals surface area contributed by atoms with Gasteiger partial charge in [-0.1, -0.05) is 12.2 Å². The average Bonchev–Trinajstić information content (AvgIpc) is 3.10. The summed E-state index contributed by atoms with van der Waals surface area (Å²) in [5, 5.41) is 11.0. The smallest absolute Gasteiger partial charge is 0.341 e. The van der Waals surface area contributed by atoms with Crippen LogP contribution in [0.15, 0.2) is 29.2 Å². The van der Waals surface area contributed by atoms with Gasteiger partial charge in [0.25, 0.3) is 0 Å². The molecule has 5 rings (SSSR count). The molecule has 0 amide bonds. The van der Waals surface area contributed by atoms with Gasteiger partial charge in [0, 0.05) is 38.3 Å². The van der Waals surface area contributed by atoms with Crippen molar-refractivity contribution in [2.45, 2.75) is 12.5 Å². The number of hydrogen-bond acceptors (Lipinski definition) is 6. The summed E-state index contributed by atoms with van der Waals surface area (Å²) >= 11 is 0. The third-order valence-corrected chi connectivity index (χ3v) is 6.22. The maximum atomic E-state index is 15.3. The summed E-state index contributed by atoms with van der Waals surface area (Å²) in [6, 6.07) is 1.15. The fraction of sp³-hybridized carbons (Fsp3) is 0.400. The van der Waals surface area contributed by atoms with Crippen molar-refractivity contribution >= 4 is 22.6 Å². The standard InChI is InChI=1S/C20H21FN4O4/c1-23-9-29-19-16-11(18(26)13(20(27)28)8-25(16)23)5-14(21)17(19)24-6-10-3-2-4-15(22)12(10)7-24/h2-3,5,8,10,12,15H,4,6-7,9,22H2,1H3,(H,27,28). The molecule has 1 aromatic carbocycles. The van der Waals surface area contributed by atoms with Crippen LogP contribution in [0.3, 0.4) is 0 Å². The summed E-state index contributed by atoms with van der Waals surface area (Å²) in [5.41, 5.74) is 5.81. The molecule has 152 valence electrons. The van der Waals surface area contributed by atoms with E-state index in [0.29, 0.717) is 24.3 Å². The first-order valence-electron chi connectivity index (χ1n) is 9.53. The Bertz CT molecular complexity index is 1130. The molecule has 8 nitrogen and oxygen atoms in total. The number of ether oxygens (including phenoxy) is 1. The lowest BCUT2D eigenvalue weighted by Crippen LogP contribution is -2.40. The monoisotopic (exact) mass is 400 g/mol. The van der Waals surface area contributed by atoms with Crippen LogP contribution in [0.1, 0.15) is 16.8 Å². The van der Waals surface area contributed by atoms with Crippen LogP contribution in [0.25, 0.3) is 10.9 Å². The summed E-state index contributed by atoms with van der Waals surface area (Å²) in [5.74, 6) is -1.22. The number of aromatic carboxylic acids is 1. The van der Waals surface area contributed by atoms with Crippen molar-refractivity contribution in [3.05, 3.63) is 46.0 Å². The number of aromatic nitrogens is 1. The van der Waals surface area contributed by atoms with Gasteiger partial charge in [-0.25, -0.2) is 9.18 Å². The molecule has 1 saturated heterocycles. The van der Waals surface area contributed by atoms with E-state index in [1.165, 1.54) is 6.20 Å². The number of carboxylic acid groups (broad SMARTS) is 1. The van der Waals surface area contributed by atoms with Gasteiger partial charge in [-0.3, -0.25) is 14.5 Å². The summed E-state index contributed by atoms with van der Waals surface area (Å²) in [6.07, 6.45) is 6.29. The Kier molecular flexibility index (Phi) is 3.86. The first-order chi connectivity index (χ1) is 13.9. The molecule has 3 unspecified atom stereocenters. The molecule has 1 fully saturated rings. The highest BCUT2D eigenvalue weighted by molar-refractivity contribution is 5.97. The molecular weight excluding hydrogens is 379 g/mol. The maximum absolute atomic E-state index is 15.3. The molecule has 3 heterocycles. The molecular formula is C20H21FN4O4. The van der Waals surface area contributed by atoms with Gasteiger partial charge in [0.05, 0.1) is 5.39 Å². The second-order valence-electron chi connectivity index (χ2n) is 7.95. The molecule has 3 N–H and O–H groups in total. The Morgan fingerprint density at radius 1 is 1.38 bits per heavy atom. The Labute approximate surface area is 165 Å². The summed E-state index contributed by atoms with van der Waals surface area (Å²) < 4.78 is 22.7. The average molecular weight is 400 g/mol. The van der Waals surface area contributed by atoms with Crippen molar-refractivity contribution in [1.82, 2.24) is 4.68 Å². The summed E-state index contributed by atoms with van der Waals surface area (Å²) in [6.45, 7) is 1.31. The van der Waals surface area contributed by atoms with Gasteiger partial charge in [0.2, 0.25) is 5.43 Å². The van der Waals surface area contributed by atoms with Crippen molar-refractivity contribution in [3.8, 4) is 5.75 Å². The number of anilines is 1. The molecule has 3 aliphatic rings. The van der Waals surface area contributed by atoms with Crippen molar-refractivity contribution in [1.29, 1.82) is 0 Å². The van der Waals surface area contributed by atoms with Crippen LogP contribution in [-0.2, 0) is 0 Å². The third-order valence-electron chi connectivity index (χ3n) is 6.22. The highest BCUT2D eigenvalue weighted by Crippen LogP contribution is 2.43. The zero-order chi connectivity index (χ0) is 20.4. The number of nitrogens with zero attached hydrogens (tertiary/aromatic N) is 3. The van der Waals surface area contributed by atoms with Gasteiger partial charge in [-0.2, -0.15) is 0 Å². The molecule has 0 spiro atoms. The molecule has 0 bridgehead atoms. The number of benzene rings is 1. The van der Waals surface area contributed by atoms with Crippen LogP contribution in [0.5, 0.6) is 5.75 Å². The Hall–Kier alpha value is -3.07. The maximum Gasteiger partial charge on any atom is 0.341 e. The van der Waals surface area contributed by atoms with Gasteiger partial charge in [0.15, 0.2) is 18.3 Å². The molecule has 29 heavy (non-hydrogen) atoms. The quantitative estimate of drug-likeness (QED) is 0.728. The largest absolute Gasteiger partial charge is 0.477 e. The van der Waals surface area contributed by atoms with E-state index in [1.807, 2.05) is 4.90 Å². The van der Waals surface area contributed by atoms with Crippen LogP contribution in [0.4, 0.5) is 10.1 Å². The first-order valence-corrected chi connectivity index (χ1v) is 9.53. The molecule has 3 atom stereocenters. The number of hydrogen-bond donors (Lipinski definition) is 2. The normalized spacial score (nSPS) is 25.3. The van der Waals surface area contributed by atoms with E-state index in [2.05, 4.69) is 12.2 Å². The predicted octanol–water partition coefficient (Wildman–Crippen LogP) is 1.10. The molecule has 2 aromatic rings. The topological polar surface area (TPSA) is 101 Å². The van der Waals surface area contributed by atoms with Crippen LogP contribution in [0, 0.1) is 17.7 Å². The van der Waals surface area contributed by atoms with Gasteiger partial charge < -0.3 is 20.5 Å². The van der Waals surface area contributed by atoms with Gasteiger partial charge in [-0.05, 0) is 18.4 Å². The van der Waals surface area contributed by atoms with Gasteiger partial charge in [0.1, 0.15) is 16.8 Å². The second kappa shape index (κ2) is 6.21. The number of rotatable bonds is 2. The minimum atomic E-state index is -1.35. The number of fused-ring (bicyclic) bond motifs is 1. The fourth-order valence-electron chi connectivity index (χ4n) is 4.75. The van der Waals surface area contributed by atoms with Crippen LogP contribution < -0.4 is 25.8 Å². The highest BCUT2D eigenvalue weighted by Gasteiger charge is 2.39. The molecule has 0 saturated carbocycles. The lowest BCUT2D eigenvalue weighted by molar-refractivity contribution is 0.0694. The van der Waals surface area contributed by atoms with Crippen molar-refractivity contribution in [2.75, 3.05) is 36.8 Å². The minimum absolute atomic E-state index is 0.0130. The van der Waals surface area contributed by atoms with E-state index >= 15 is 4.39 Å². The van der Waals surface area contributed by atoms with Crippen LogP contribution in [-0.4, -0.2) is 48.7 Å². The molecule has 2 aliphatic heterocycles. The van der Waals surface area contributed by atoms with Crippen molar-refractivity contribution in [3.63, 3.8) is 0 Å². The third kappa shape index (κ3) is 2.53. The SMILES string of the molecule is CN1COc2c(N3CC4C=CCC(N)C4C3)c(F)cc3c(=O)c(C(=O)O)cn1c23. The molecule has 9 heteroatoms. The number of carbonyl (C=O) groups is 1. The highest BCUT2D eigenvalue weighted by atomic mass is 19.1. The Morgan fingerprint density at radius 2 is 2.17 bits per heavy atom. The van der Waals surface area contributed by atoms with E-state index in [-0.39, 0.29) is 35.7 Å². The van der Waals surface area contributed by atoms with E-state index < -0.39 is 22.8 Å². The summed E-state index contributed by atoms with van der Waals surface area (Å²) in [4.78, 5) is 26.1. The summed E-state index contributed by atoms with van der Waals surface area (Å²) in [7, 11) is 1.70. The second-order valence-corrected chi connectivity index (χ2v) is 7.95. The van der Waals surface area contributed by atoms with Crippen LogP contribution in [0.2, 0.25) is 0 Å².